The monoisotopic (exact) mass is 188 g/mol. The summed E-state index contributed by atoms with van der Waals surface area (Å²) in [6, 6.07) is 0. The van der Waals surface area contributed by atoms with E-state index in [1.165, 1.54) is 0 Å². The normalized spacial score (nSPS) is 23.8. The minimum atomic E-state index is 0.0711. The van der Waals surface area contributed by atoms with Gasteiger partial charge in [-0.15, -0.1) is 0 Å². The predicted molar refractivity (Wildman–Crippen MR) is 53.3 cm³/mol. The van der Waals surface area contributed by atoms with Crippen molar-refractivity contribution in [2.45, 2.75) is 19.4 Å². The van der Waals surface area contributed by atoms with Crippen molar-refractivity contribution in [2.75, 3.05) is 26.3 Å². The molecule has 12 heavy (non-hydrogen) atoms. The molecule has 0 bridgehead atoms. The fraction of sp³-hybridized carbons (Fsp3) is 0.875. The van der Waals surface area contributed by atoms with Crippen molar-refractivity contribution >= 4 is 17.2 Å². The Morgan fingerprint density at radius 3 is 2.83 bits per heavy atom. The summed E-state index contributed by atoms with van der Waals surface area (Å²) in [5.74, 6) is 0. The molecular formula is C8H16N2OS. The highest BCUT2D eigenvalue weighted by Gasteiger charge is 2.30. The highest BCUT2D eigenvalue weighted by atomic mass is 32.1. The number of hydrogen-bond acceptors (Lipinski definition) is 3. The van der Waals surface area contributed by atoms with Crippen LogP contribution in [0.1, 0.15) is 13.8 Å². The lowest BCUT2D eigenvalue weighted by atomic mass is 10.0. The second-order valence-corrected chi connectivity index (χ2v) is 4.28. The van der Waals surface area contributed by atoms with Gasteiger partial charge in [0.15, 0.2) is 0 Å². The molecule has 4 heteroatoms. The molecule has 0 saturated carbocycles. The molecule has 3 nitrogen and oxygen atoms in total. The van der Waals surface area contributed by atoms with Crippen molar-refractivity contribution in [3.8, 4) is 0 Å². The Hall–Kier alpha value is -0.190. The van der Waals surface area contributed by atoms with Gasteiger partial charge in [-0.25, -0.2) is 0 Å². The summed E-state index contributed by atoms with van der Waals surface area (Å²) in [5.41, 5.74) is 5.56. The average Bonchev–Trinajstić information content (AvgIpc) is 1.92. The van der Waals surface area contributed by atoms with Crippen molar-refractivity contribution in [3.05, 3.63) is 0 Å². The van der Waals surface area contributed by atoms with Crippen LogP contribution >= 0.6 is 12.2 Å². The number of morpholine rings is 1. The molecule has 1 aliphatic heterocycles. The predicted octanol–water partition coefficient (Wildman–Crippen LogP) is 0.383. The molecule has 0 radical (unpaired) electrons. The molecule has 0 aromatic carbocycles. The summed E-state index contributed by atoms with van der Waals surface area (Å²) in [6.45, 7) is 7.45. The Kier molecular flexibility index (Phi) is 3.04. The molecule has 0 unspecified atom stereocenters. The van der Waals surface area contributed by atoms with Gasteiger partial charge >= 0.3 is 0 Å². The third-order valence-electron chi connectivity index (χ3n) is 2.16. The van der Waals surface area contributed by atoms with Crippen molar-refractivity contribution in [3.63, 3.8) is 0 Å². The van der Waals surface area contributed by atoms with Crippen molar-refractivity contribution in [1.82, 2.24) is 4.90 Å². The summed E-state index contributed by atoms with van der Waals surface area (Å²) in [6.07, 6.45) is 0. The molecule has 70 valence electrons. The van der Waals surface area contributed by atoms with E-state index in [1.807, 2.05) is 0 Å². The zero-order valence-electron chi connectivity index (χ0n) is 7.67. The van der Waals surface area contributed by atoms with Gasteiger partial charge in [-0.1, -0.05) is 12.2 Å². The van der Waals surface area contributed by atoms with E-state index >= 15 is 0 Å². The molecule has 0 aromatic heterocycles. The van der Waals surface area contributed by atoms with Crippen LogP contribution < -0.4 is 5.73 Å². The Balaban J connectivity index is 2.54. The van der Waals surface area contributed by atoms with Gasteiger partial charge in [0, 0.05) is 18.6 Å². The Morgan fingerprint density at radius 2 is 2.33 bits per heavy atom. The number of thiocarbonyl (C=S) groups is 1. The van der Waals surface area contributed by atoms with Crippen LogP contribution in [-0.4, -0.2) is 41.7 Å². The minimum absolute atomic E-state index is 0.0711. The van der Waals surface area contributed by atoms with E-state index in [0.717, 1.165) is 19.8 Å². The molecule has 1 aliphatic rings. The van der Waals surface area contributed by atoms with Gasteiger partial charge in [0.2, 0.25) is 0 Å². The summed E-state index contributed by atoms with van der Waals surface area (Å²) in [5, 5.41) is 0. The van der Waals surface area contributed by atoms with Gasteiger partial charge in [0.05, 0.1) is 18.2 Å². The lowest BCUT2D eigenvalue weighted by Crippen LogP contribution is -2.55. The van der Waals surface area contributed by atoms with Crippen molar-refractivity contribution < 1.29 is 4.74 Å². The first-order chi connectivity index (χ1) is 5.52. The highest BCUT2D eigenvalue weighted by molar-refractivity contribution is 7.80. The first kappa shape index (κ1) is 9.89. The minimum Gasteiger partial charge on any atom is -0.392 e. The van der Waals surface area contributed by atoms with Crippen molar-refractivity contribution in [1.29, 1.82) is 0 Å². The second kappa shape index (κ2) is 3.68. The molecule has 1 saturated heterocycles. The van der Waals surface area contributed by atoms with Gasteiger partial charge in [-0.2, -0.15) is 0 Å². The van der Waals surface area contributed by atoms with Crippen LogP contribution in [0.4, 0.5) is 0 Å². The third-order valence-corrected chi connectivity index (χ3v) is 2.29. The molecule has 1 fully saturated rings. The van der Waals surface area contributed by atoms with Gasteiger partial charge in [0.25, 0.3) is 0 Å². The first-order valence-electron chi connectivity index (χ1n) is 4.13. The summed E-state index contributed by atoms with van der Waals surface area (Å²) in [7, 11) is 0. The molecule has 2 N–H and O–H groups in total. The van der Waals surface area contributed by atoms with Crippen LogP contribution in [0, 0.1) is 0 Å². The Morgan fingerprint density at radius 1 is 1.67 bits per heavy atom. The average molecular weight is 188 g/mol. The van der Waals surface area contributed by atoms with E-state index in [4.69, 9.17) is 22.7 Å². The van der Waals surface area contributed by atoms with Gasteiger partial charge in [0.1, 0.15) is 0 Å². The third kappa shape index (κ3) is 2.40. The van der Waals surface area contributed by atoms with Crippen LogP contribution in [0.15, 0.2) is 0 Å². The summed E-state index contributed by atoms with van der Waals surface area (Å²) >= 11 is 4.87. The van der Waals surface area contributed by atoms with Crippen LogP contribution in [0.2, 0.25) is 0 Å². The highest BCUT2D eigenvalue weighted by Crippen LogP contribution is 2.17. The van der Waals surface area contributed by atoms with E-state index in [2.05, 4.69) is 18.7 Å². The maximum absolute atomic E-state index is 5.49. The number of nitrogens with two attached hydrogens (primary N) is 1. The molecule has 0 amide bonds. The first-order valence-corrected chi connectivity index (χ1v) is 4.54. The Labute approximate surface area is 78.9 Å². The molecule has 0 aromatic rings. The second-order valence-electron chi connectivity index (χ2n) is 3.75. The number of hydrogen-bond donors (Lipinski definition) is 1. The van der Waals surface area contributed by atoms with Gasteiger partial charge in [-0.3, -0.25) is 4.90 Å². The fourth-order valence-corrected chi connectivity index (χ4v) is 1.53. The molecule has 0 aliphatic carbocycles. The van der Waals surface area contributed by atoms with Gasteiger partial charge in [-0.05, 0) is 13.8 Å². The van der Waals surface area contributed by atoms with Crippen LogP contribution in [-0.2, 0) is 4.74 Å². The lowest BCUT2D eigenvalue weighted by Gasteiger charge is -2.41. The summed E-state index contributed by atoms with van der Waals surface area (Å²) in [4.78, 5) is 2.82. The molecule has 1 rings (SSSR count). The van der Waals surface area contributed by atoms with E-state index in [1.54, 1.807) is 0 Å². The van der Waals surface area contributed by atoms with Gasteiger partial charge < -0.3 is 10.5 Å². The zero-order chi connectivity index (χ0) is 9.19. The fourth-order valence-electron chi connectivity index (χ4n) is 1.37. The number of nitrogens with zero attached hydrogens (tertiary/aromatic N) is 1. The van der Waals surface area contributed by atoms with E-state index in [-0.39, 0.29) is 5.54 Å². The van der Waals surface area contributed by atoms with Crippen LogP contribution in [0.25, 0.3) is 0 Å². The molecule has 0 spiro atoms. The van der Waals surface area contributed by atoms with Crippen LogP contribution in [0.5, 0.6) is 0 Å². The molecule has 0 atom stereocenters. The van der Waals surface area contributed by atoms with E-state index in [9.17, 15) is 0 Å². The Bertz CT molecular complexity index is 182. The molecular weight excluding hydrogens is 172 g/mol. The standard InChI is InChI=1S/C8H16N2OS/c1-8(2)6-11-4-3-10(8)5-7(9)12/h3-6H2,1-2H3,(H2,9,12). The number of ether oxygens (including phenoxy) is 1. The smallest absolute Gasteiger partial charge is 0.0870 e. The SMILES string of the molecule is CC1(C)COCCN1CC(N)=S. The topological polar surface area (TPSA) is 38.5 Å². The maximum atomic E-state index is 5.49. The number of rotatable bonds is 2. The van der Waals surface area contributed by atoms with Crippen LogP contribution in [0.3, 0.4) is 0 Å². The zero-order valence-corrected chi connectivity index (χ0v) is 8.49. The van der Waals surface area contributed by atoms with Crippen molar-refractivity contribution in [2.24, 2.45) is 5.73 Å². The quantitative estimate of drug-likeness (QED) is 0.636. The molecule has 1 heterocycles. The lowest BCUT2D eigenvalue weighted by molar-refractivity contribution is -0.0428. The van der Waals surface area contributed by atoms with E-state index in [0.29, 0.717) is 11.5 Å². The maximum Gasteiger partial charge on any atom is 0.0870 e. The van der Waals surface area contributed by atoms with E-state index < -0.39 is 0 Å². The largest absolute Gasteiger partial charge is 0.392 e. The summed E-state index contributed by atoms with van der Waals surface area (Å²) < 4.78 is 5.37.